The van der Waals surface area contributed by atoms with Gasteiger partial charge in [0.05, 0.1) is 6.07 Å². The Labute approximate surface area is 98.2 Å². The minimum atomic E-state index is -0.0184. The molecule has 2 rings (SSSR count). The van der Waals surface area contributed by atoms with Crippen LogP contribution in [0.3, 0.4) is 0 Å². The number of nitrogens with one attached hydrogen (secondary N) is 1. The monoisotopic (exact) mass is 222 g/mol. The number of likely N-dealkylation sites (N-methyl/N-ethyl adjacent to an activating group) is 1. The van der Waals surface area contributed by atoms with Crippen LogP contribution in [0.15, 0.2) is 0 Å². The minimum Gasteiger partial charge on any atom is -0.304 e. The van der Waals surface area contributed by atoms with E-state index in [0.717, 1.165) is 25.7 Å². The molecule has 2 aliphatic rings. The maximum atomic E-state index is 8.94. The third-order valence-corrected chi connectivity index (χ3v) is 3.87. The summed E-state index contributed by atoms with van der Waals surface area (Å²) in [7, 11) is 1.87. The summed E-state index contributed by atoms with van der Waals surface area (Å²) in [5, 5.41) is 12.0. The minimum absolute atomic E-state index is 0.0184. The van der Waals surface area contributed by atoms with Crippen LogP contribution >= 0.6 is 0 Å². The molecule has 1 N–H and O–H groups in total. The van der Waals surface area contributed by atoms with Crippen LogP contribution in [0.1, 0.15) is 19.3 Å². The summed E-state index contributed by atoms with van der Waals surface area (Å²) < 4.78 is 0. The number of hydrogen-bond acceptors (Lipinski definition) is 4. The van der Waals surface area contributed by atoms with Gasteiger partial charge in [0.1, 0.15) is 6.04 Å². The average molecular weight is 222 g/mol. The highest BCUT2D eigenvalue weighted by molar-refractivity contribution is 4.93. The van der Waals surface area contributed by atoms with Gasteiger partial charge in [-0.3, -0.25) is 9.80 Å². The van der Waals surface area contributed by atoms with Crippen LogP contribution in [0.4, 0.5) is 0 Å². The van der Waals surface area contributed by atoms with E-state index in [4.69, 9.17) is 5.26 Å². The molecule has 2 saturated heterocycles. The quantitative estimate of drug-likeness (QED) is 0.744. The van der Waals surface area contributed by atoms with Crippen molar-refractivity contribution < 1.29 is 0 Å². The molecule has 16 heavy (non-hydrogen) atoms. The second-order valence-corrected chi connectivity index (χ2v) is 4.92. The lowest BCUT2D eigenvalue weighted by molar-refractivity contribution is 0.0476. The Kier molecular flexibility index (Phi) is 4.16. The molecular weight excluding hydrogens is 200 g/mol. The zero-order chi connectivity index (χ0) is 11.4. The second kappa shape index (κ2) is 5.62. The van der Waals surface area contributed by atoms with Gasteiger partial charge in [-0.05, 0) is 26.4 Å². The van der Waals surface area contributed by atoms with Gasteiger partial charge in [-0.15, -0.1) is 0 Å². The van der Waals surface area contributed by atoms with Crippen molar-refractivity contribution in [2.75, 3.05) is 39.8 Å². The Hall–Kier alpha value is -0.630. The average Bonchev–Trinajstić information content (AvgIpc) is 2.35. The van der Waals surface area contributed by atoms with E-state index in [9.17, 15) is 0 Å². The van der Waals surface area contributed by atoms with E-state index in [1.807, 2.05) is 7.05 Å². The van der Waals surface area contributed by atoms with Crippen LogP contribution in [-0.2, 0) is 0 Å². The molecule has 0 amide bonds. The zero-order valence-electron chi connectivity index (χ0n) is 10.2. The van der Waals surface area contributed by atoms with Gasteiger partial charge in [-0.2, -0.15) is 5.26 Å². The highest BCUT2D eigenvalue weighted by Crippen LogP contribution is 2.20. The van der Waals surface area contributed by atoms with Crippen molar-refractivity contribution >= 4 is 0 Å². The van der Waals surface area contributed by atoms with Crippen molar-refractivity contribution in [3.63, 3.8) is 0 Å². The van der Waals surface area contributed by atoms with E-state index in [-0.39, 0.29) is 6.04 Å². The van der Waals surface area contributed by atoms with Crippen LogP contribution in [0, 0.1) is 11.3 Å². The summed E-state index contributed by atoms with van der Waals surface area (Å²) in [5.74, 6) is 0. The van der Waals surface area contributed by atoms with E-state index in [1.165, 1.54) is 32.4 Å². The Balaban J connectivity index is 1.83. The first-order chi connectivity index (χ1) is 7.83. The summed E-state index contributed by atoms with van der Waals surface area (Å²) in [5.41, 5.74) is 0. The van der Waals surface area contributed by atoms with E-state index in [2.05, 4.69) is 21.2 Å². The number of piperazine rings is 1. The molecule has 2 fully saturated rings. The molecule has 0 radical (unpaired) electrons. The number of nitrogens with zero attached hydrogens (tertiary/aromatic N) is 3. The summed E-state index contributed by atoms with van der Waals surface area (Å²) >= 11 is 0. The predicted octanol–water partition coefficient (Wildman–Crippen LogP) is 0.268. The smallest absolute Gasteiger partial charge is 0.108 e. The Morgan fingerprint density at radius 2 is 2.25 bits per heavy atom. The lowest BCUT2D eigenvalue weighted by Gasteiger charge is -2.44. The standard InChI is InChI=1S/C12H22N4/c1-14-11(8-13)9-15-6-7-16-5-3-2-4-12(16)10-15/h11-12,14H,2-7,9-10H2,1H3. The summed E-state index contributed by atoms with van der Waals surface area (Å²) in [6.45, 7) is 5.62. The molecule has 2 atom stereocenters. The first-order valence-electron chi connectivity index (χ1n) is 6.37. The molecule has 2 unspecified atom stereocenters. The van der Waals surface area contributed by atoms with Crippen molar-refractivity contribution in [1.29, 1.82) is 5.26 Å². The Morgan fingerprint density at radius 3 is 3.00 bits per heavy atom. The molecule has 0 aliphatic carbocycles. The zero-order valence-corrected chi connectivity index (χ0v) is 10.2. The van der Waals surface area contributed by atoms with Gasteiger partial charge in [-0.1, -0.05) is 6.42 Å². The van der Waals surface area contributed by atoms with Gasteiger partial charge in [0.25, 0.3) is 0 Å². The van der Waals surface area contributed by atoms with Crippen molar-refractivity contribution in [2.24, 2.45) is 0 Å². The Bertz CT molecular complexity index is 260. The number of rotatable bonds is 3. The van der Waals surface area contributed by atoms with Crippen molar-refractivity contribution in [3.8, 4) is 6.07 Å². The molecule has 0 aromatic heterocycles. The largest absolute Gasteiger partial charge is 0.304 e. The van der Waals surface area contributed by atoms with E-state index < -0.39 is 0 Å². The van der Waals surface area contributed by atoms with Gasteiger partial charge in [-0.25, -0.2) is 0 Å². The number of piperidine rings is 1. The maximum absolute atomic E-state index is 8.94. The maximum Gasteiger partial charge on any atom is 0.108 e. The molecule has 0 aromatic rings. The predicted molar refractivity (Wildman–Crippen MR) is 64.1 cm³/mol. The molecule has 90 valence electrons. The molecule has 4 heteroatoms. The molecular formula is C12H22N4. The van der Waals surface area contributed by atoms with Crippen molar-refractivity contribution in [1.82, 2.24) is 15.1 Å². The molecule has 0 saturated carbocycles. The molecule has 2 heterocycles. The number of fused-ring (bicyclic) bond motifs is 1. The van der Waals surface area contributed by atoms with Crippen LogP contribution in [0.25, 0.3) is 0 Å². The highest BCUT2D eigenvalue weighted by Gasteiger charge is 2.29. The summed E-state index contributed by atoms with van der Waals surface area (Å²) in [6.07, 6.45) is 4.09. The van der Waals surface area contributed by atoms with Gasteiger partial charge >= 0.3 is 0 Å². The molecule has 4 nitrogen and oxygen atoms in total. The van der Waals surface area contributed by atoms with Crippen molar-refractivity contribution in [2.45, 2.75) is 31.3 Å². The highest BCUT2D eigenvalue weighted by atomic mass is 15.3. The topological polar surface area (TPSA) is 42.3 Å². The first-order valence-corrected chi connectivity index (χ1v) is 6.37. The molecule has 0 spiro atoms. The van der Waals surface area contributed by atoms with Gasteiger partial charge < -0.3 is 5.32 Å². The lowest BCUT2D eigenvalue weighted by Crippen LogP contribution is -2.56. The van der Waals surface area contributed by atoms with Crippen LogP contribution in [0.5, 0.6) is 0 Å². The molecule has 0 aromatic carbocycles. The van der Waals surface area contributed by atoms with Crippen LogP contribution < -0.4 is 5.32 Å². The van der Waals surface area contributed by atoms with Crippen LogP contribution in [0.2, 0.25) is 0 Å². The fraction of sp³-hybridized carbons (Fsp3) is 0.917. The second-order valence-electron chi connectivity index (χ2n) is 4.92. The summed E-state index contributed by atoms with van der Waals surface area (Å²) in [4.78, 5) is 5.07. The fourth-order valence-electron chi connectivity index (χ4n) is 2.84. The summed E-state index contributed by atoms with van der Waals surface area (Å²) in [6, 6.07) is 3.04. The van der Waals surface area contributed by atoms with E-state index >= 15 is 0 Å². The normalized spacial score (nSPS) is 29.4. The van der Waals surface area contributed by atoms with Gasteiger partial charge in [0.15, 0.2) is 0 Å². The van der Waals surface area contributed by atoms with Crippen LogP contribution in [-0.4, -0.2) is 61.7 Å². The molecule has 0 bridgehead atoms. The number of nitriles is 1. The fourth-order valence-corrected chi connectivity index (χ4v) is 2.84. The molecule has 2 aliphatic heterocycles. The SMILES string of the molecule is CNC(C#N)CN1CCN2CCCCC2C1. The lowest BCUT2D eigenvalue weighted by atomic mass is 9.99. The number of hydrogen-bond donors (Lipinski definition) is 1. The van der Waals surface area contributed by atoms with Crippen molar-refractivity contribution in [3.05, 3.63) is 0 Å². The van der Waals surface area contributed by atoms with E-state index in [1.54, 1.807) is 0 Å². The third kappa shape index (κ3) is 2.73. The van der Waals surface area contributed by atoms with Gasteiger partial charge in [0.2, 0.25) is 0 Å². The first kappa shape index (κ1) is 11.8. The van der Waals surface area contributed by atoms with Gasteiger partial charge in [0, 0.05) is 32.2 Å². The third-order valence-electron chi connectivity index (χ3n) is 3.87. The van der Waals surface area contributed by atoms with E-state index in [0.29, 0.717) is 0 Å². The Morgan fingerprint density at radius 1 is 1.38 bits per heavy atom.